The Balaban J connectivity index is 1.93. The lowest BCUT2D eigenvalue weighted by atomic mass is 10.1. The van der Waals surface area contributed by atoms with Crippen LogP contribution in [0.4, 0.5) is 4.39 Å². The highest BCUT2D eigenvalue weighted by Gasteiger charge is 2.09. The Bertz CT molecular complexity index is 539. The number of halogens is 1. The lowest BCUT2D eigenvalue weighted by Gasteiger charge is -2.15. The summed E-state index contributed by atoms with van der Waals surface area (Å²) in [5.74, 6) is 0.706. The van der Waals surface area contributed by atoms with Crippen LogP contribution in [0, 0.1) is 5.82 Å². The molecule has 0 amide bonds. The topological polar surface area (TPSA) is 21.3 Å². The zero-order valence-corrected chi connectivity index (χ0v) is 11.9. The third kappa shape index (κ3) is 3.81. The fourth-order valence-corrected chi connectivity index (χ4v) is 2.08. The summed E-state index contributed by atoms with van der Waals surface area (Å²) < 4.78 is 19.0. The molecule has 0 aliphatic carbocycles. The van der Waals surface area contributed by atoms with E-state index in [1.54, 1.807) is 6.07 Å². The third-order valence-electron chi connectivity index (χ3n) is 3.22. The van der Waals surface area contributed by atoms with Crippen LogP contribution in [0.3, 0.4) is 0 Å². The summed E-state index contributed by atoms with van der Waals surface area (Å²) in [5, 5.41) is 3.33. The molecule has 2 aromatic carbocycles. The van der Waals surface area contributed by atoms with E-state index in [1.165, 1.54) is 6.07 Å². The first-order valence-corrected chi connectivity index (χ1v) is 6.90. The zero-order valence-electron chi connectivity index (χ0n) is 11.9. The second-order valence-electron chi connectivity index (χ2n) is 4.70. The summed E-state index contributed by atoms with van der Waals surface area (Å²) in [6, 6.07) is 14.8. The molecule has 1 atom stereocenters. The predicted octanol–water partition coefficient (Wildman–Crippen LogP) is 4.08. The molecule has 0 saturated carbocycles. The van der Waals surface area contributed by atoms with E-state index in [0.717, 1.165) is 11.3 Å². The van der Waals surface area contributed by atoms with Crippen molar-refractivity contribution in [1.82, 2.24) is 5.32 Å². The molecule has 106 valence electrons. The van der Waals surface area contributed by atoms with Gasteiger partial charge >= 0.3 is 0 Å². The van der Waals surface area contributed by atoms with E-state index in [0.29, 0.717) is 18.7 Å². The quantitative estimate of drug-likeness (QED) is 0.856. The number of nitrogens with one attached hydrogen (secondary N) is 1. The fourth-order valence-electron chi connectivity index (χ4n) is 2.08. The molecule has 1 unspecified atom stereocenters. The molecular formula is C17H20FNO. The van der Waals surface area contributed by atoms with Crippen molar-refractivity contribution < 1.29 is 9.13 Å². The Kier molecular flexibility index (Phi) is 5.13. The van der Waals surface area contributed by atoms with Gasteiger partial charge in [-0.05, 0) is 37.6 Å². The first-order chi connectivity index (χ1) is 9.70. The molecule has 0 aliphatic heterocycles. The molecule has 0 aromatic heterocycles. The Morgan fingerprint density at radius 1 is 1.10 bits per heavy atom. The number of ether oxygens (including phenoxy) is 1. The van der Waals surface area contributed by atoms with Gasteiger partial charge in [-0.3, -0.25) is 0 Å². The van der Waals surface area contributed by atoms with Crippen molar-refractivity contribution in [3.63, 3.8) is 0 Å². The zero-order chi connectivity index (χ0) is 14.4. The number of benzene rings is 2. The molecule has 1 N–H and O–H groups in total. The van der Waals surface area contributed by atoms with Gasteiger partial charge in [0.25, 0.3) is 0 Å². The standard InChI is InChI=1S/C17H20FNO/c1-3-20-15-10-8-14(9-11-15)12-19-13(2)16-6-4-5-7-17(16)18/h4-11,13,19H,3,12H2,1-2H3. The molecule has 0 saturated heterocycles. The normalized spacial score (nSPS) is 12.2. The SMILES string of the molecule is CCOc1ccc(CNC(C)c2ccccc2F)cc1. The molecule has 0 bridgehead atoms. The van der Waals surface area contributed by atoms with Crippen LogP contribution in [0.5, 0.6) is 5.75 Å². The Morgan fingerprint density at radius 2 is 1.80 bits per heavy atom. The number of hydrogen-bond donors (Lipinski definition) is 1. The highest BCUT2D eigenvalue weighted by molar-refractivity contribution is 5.27. The van der Waals surface area contributed by atoms with Crippen molar-refractivity contribution >= 4 is 0 Å². The van der Waals surface area contributed by atoms with Crippen LogP contribution in [0.2, 0.25) is 0 Å². The van der Waals surface area contributed by atoms with E-state index < -0.39 is 0 Å². The molecule has 0 radical (unpaired) electrons. The molecule has 0 spiro atoms. The minimum absolute atomic E-state index is 0.0252. The van der Waals surface area contributed by atoms with Crippen molar-refractivity contribution in [3.05, 3.63) is 65.5 Å². The second kappa shape index (κ2) is 7.06. The van der Waals surface area contributed by atoms with E-state index in [9.17, 15) is 4.39 Å². The van der Waals surface area contributed by atoms with Crippen LogP contribution < -0.4 is 10.1 Å². The van der Waals surface area contributed by atoms with E-state index in [-0.39, 0.29) is 11.9 Å². The molecule has 0 fully saturated rings. The molecular weight excluding hydrogens is 253 g/mol. The van der Waals surface area contributed by atoms with Gasteiger partial charge in [0.2, 0.25) is 0 Å². The number of hydrogen-bond acceptors (Lipinski definition) is 2. The smallest absolute Gasteiger partial charge is 0.127 e. The average Bonchev–Trinajstić information content (AvgIpc) is 2.47. The van der Waals surface area contributed by atoms with Gasteiger partial charge in [0, 0.05) is 18.2 Å². The van der Waals surface area contributed by atoms with E-state index in [1.807, 2.05) is 50.2 Å². The van der Waals surface area contributed by atoms with Gasteiger partial charge in [-0.25, -0.2) is 4.39 Å². The lowest BCUT2D eigenvalue weighted by molar-refractivity contribution is 0.340. The van der Waals surface area contributed by atoms with E-state index >= 15 is 0 Å². The van der Waals surface area contributed by atoms with Crippen molar-refractivity contribution in [2.45, 2.75) is 26.4 Å². The summed E-state index contributed by atoms with van der Waals surface area (Å²) >= 11 is 0. The summed E-state index contributed by atoms with van der Waals surface area (Å²) in [6.45, 7) is 5.29. The van der Waals surface area contributed by atoms with Crippen LogP contribution in [-0.4, -0.2) is 6.61 Å². The maximum atomic E-state index is 13.6. The molecule has 0 heterocycles. The number of rotatable bonds is 6. The van der Waals surface area contributed by atoms with Gasteiger partial charge in [-0.15, -0.1) is 0 Å². The highest BCUT2D eigenvalue weighted by Crippen LogP contribution is 2.17. The minimum Gasteiger partial charge on any atom is -0.494 e. The lowest BCUT2D eigenvalue weighted by Crippen LogP contribution is -2.19. The molecule has 2 nitrogen and oxygen atoms in total. The fraction of sp³-hybridized carbons (Fsp3) is 0.294. The second-order valence-corrected chi connectivity index (χ2v) is 4.70. The van der Waals surface area contributed by atoms with Crippen LogP contribution in [-0.2, 0) is 6.54 Å². The maximum Gasteiger partial charge on any atom is 0.127 e. The molecule has 20 heavy (non-hydrogen) atoms. The van der Waals surface area contributed by atoms with Gasteiger partial charge in [0.1, 0.15) is 11.6 Å². The Labute approximate surface area is 119 Å². The van der Waals surface area contributed by atoms with Crippen molar-refractivity contribution in [1.29, 1.82) is 0 Å². The highest BCUT2D eigenvalue weighted by atomic mass is 19.1. The summed E-state index contributed by atoms with van der Waals surface area (Å²) in [5.41, 5.74) is 1.84. The molecule has 2 rings (SSSR count). The Morgan fingerprint density at radius 3 is 2.45 bits per heavy atom. The average molecular weight is 273 g/mol. The maximum absolute atomic E-state index is 13.6. The predicted molar refractivity (Wildman–Crippen MR) is 79.3 cm³/mol. The van der Waals surface area contributed by atoms with Gasteiger partial charge in [0.05, 0.1) is 6.61 Å². The largest absolute Gasteiger partial charge is 0.494 e. The van der Waals surface area contributed by atoms with Gasteiger partial charge in [-0.1, -0.05) is 30.3 Å². The monoisotopic (exact) mass is 273 g/mol. The van der Waals surface area contributed by atoms with Crippen LogP contribution in [0.25, 0.3) is 0 Å². The Hall–Kier alpha value is -1.87. The molecule has 2 aromatic rings. The van der Waals surface area contributed by atoms with Crippen molar-refractivity contribution in [2.24, 2.45) is 0 Å². The minimum atomic E-state index is -0.167. The summed E-state index contributed by atoms with van der Waals surface area (Å²) in [6.07, 6.45) is 0. The van der Waals surface area contributed by atoms with Crippen molar-refractivity contribution in [3.8, 4) is 5.75 Å². The van der Waals surface area contributed by atoms with Crippen molar-refractivity contribution in [2.75, 3.05) is 6.61 Å². The molecule has 3 heteroatoms. The van der Waals surface area contributed by atoms with Gasteiger partial charge < -0.3 is 10.1 Å². The third-order valence-corrected chi connectivity index (χ3v) is 3.22. The first kappa shape index (κ1) is 14.5. The van der Waals surface area contributed by atoms with Crippen LogP contribution in [0.1, 0.15) is 31.0 Å². The van der Waals surface area contributed by atoms with Crippen LogP contribution >= 0.6 is 0 Å². The van der Waals surface area contributed by atoms with Crippen LogP contribution in [0.15, 0.2) is 48.5 Å². The van der Waals surface area contributed by atoms with E-state index in [2.05, 4.69) is 5.32 Å². The van der Waals surface area contributed by atoms with E-state index in [4.69, 9.17) is 4.74 Å². The van der Waals surface area contributed by atoms with Gasteiger partial charge in [0.15, 0.2) is 0 Å². The van der Waals surface area contributed by atoms with Gasteiger partial charge in [-0.2, -0.15) is 0 Å². The first-order valence-electron chi connectivity index (χ1n) is 6.90. The summed E-state index contributed by atoms with van der Waals surface area (Å²) in [4.78, 5) is 0. The molecule has 0 aliphatic rings. The summed E-state index contributed by atoms with van der Waals surface area (Å²) in [7, 11) is 0.